The fraction of sp³-hybridized carbons (Fsp3) is 0.471. The van der Waals surface area contributed by atoms with E-state index in [0.717, 1.165) is 31.8 Å². The van der Waals surface area contributed by atoms with Crippen molar-refractivity contribution in [2.75, 3.05) is 26.7 Å². The van der Waals surface area contributed by atoms with E-state index in [1.165, 1.54) is 18.1 Å². The SMILES string of the molecule is COc1ccc(C2=CCN3CCC(OC(C)=O)C2C3)cc1. The molecule has 3 rings (SSSR count). The molecule has 2 heterocycles. The smallest absolute Gasteiger partial charge is 0.302 e. The molecule has 4 heteroatoms. The van der Waals surface area contributed by atoms with Gasteiger partial charge < -0.3 is 9.47 Å². The van der Waals surface area contributed by atoms with Gasteiger partial charge in [0.25, 0.3) is 0 Å². The van der Waals surface area contributed by atoms with E-state index in [4.69, 9.17) is 9.47 Å². The van der Waals surface area contributed by atoms with Gasteiger partial charge in [0.05, 0.1) is 7.11 Å². The third-order valence-electron chi connectivity index (χ3n) is 4.34. The monoisotopic (exact) mass is 287 g/mol. The molecule has 0 saturated carbocycles. The molecule has 1 saturated heterocycles. The van der Waals surface area contributed by atoms with Crippen LogP contribution in [0.4, 0.5) is 0 Å². The lowest BCUT2D eigenvalue weighted by Gasteiger charge is -2.42. The van der Waals surface area contributed by atoms with Gasteiger partial charge >= 0.3 is 5.97 Å². The molecule has 1 aromatic carbocycles. The minimum Gasteiger partial charge on any atom is -0.497 e. The summed E-state index contributed by atoms with van der Waals surface area (Å²) in [6, 6.07) is 8.12. The van der Waals surface area contributed by atoms with Crippen molar-refractivity contribution >= 4 is 11.5 Å². The van der Waals surface area contributed by atoms with E-state index < -0.39 is 0 Å². The number of ether oxygens (including phenoxy) is 2. The summed E-state index contributed by atoms with van der Waals surface area (Å²) in [5, 5.41) is 0. The molecule has 0 amide bonds. The molecule has 1 aromatic rings. The number of carbonyl (C=O) groups excluding carboxylic acids is 1. The van der Waals surface area contributed by atoms with Crippen LogP contribution in [0.1, 0.15) is 18.9 Å². The Morgan fingerprint density at radius 2 is 2.05 bits per heavy atom. The zero-order valence-electron chi connectivity index (χ0n) is 12.5. The number of hydrogen-bond donors (Lipinski definition) is 0. The second-order valence-electron chi connectivity index (χ2n) is 5.69. The van der Waals surface area contributed by atoms with E-state index in [9.17, 15) is 4.79 Å². The van der Waals surface area contributed by atoms with Crippen LogP contribution in [0.5, 0.6) is 5.75 Å². The van der Waals surface area contributed by atoms with Crippen LogP contribution in [0, 0.1) is 5.92 Å². The zero-order valence-corrected chi connectivity index (χ0v) is 12.5. The van der Waals surface area contributed by atoms with Gasteiger partial charge in [-0.1, -0.05) is 18.2 Å². The Kier molecular flexibility index (Phi) is 3.97. The molecule has 3 unspecified atom stereocenters. The van der Waals surface area contributed by atoms with Crippen molar-refractivity contribution in [2.24, 2.45) is 5.92 Å². The van der Waals surface area contributed by atoms with E-state index in [1.807, 2.05) is 12.1 Å². The highest BCUT2D eigenvalue weighted by Crippen LogP contribution is 2.36. The Labute approximate surface area is 125 Å². The molecule has 2 aliphatic heterocycles. The minimum absolute atomic E-state index is 0.00704. The van der Waals surface area contributed by atoms with Crippen LogP contribution < -0.4 is 4.74 Å². The Bertz CT molecular complexity index is 550. The highest BCUT2D eigenvalue weighted by Gasteiger charge is 2.36. The summed E-state index contributed by atoms with van der Waals surface area (Å²) < 4.78 is 10.8. The predicted octanol–water partition coefficient (Wildman–Crippen LogP) is 2.35. The van der Waals surface area contributed by atoms with Crippen molar-refractivity contribution in [2.45, 2.75) is 19.4 Å². The number of benzene rings is 1. The van der Waals surface area contributed by atoms with E-state index >= 15 is 0 Å². The van der Waals surface area contributed by atoms with Crippen molar-refractivity contribution in [3.05, 3.63) is 35.9 Å². The first-order valence-corrected chi connectivity index (χ1v) is 7.41. The number of piperidine rings is 1. The van der Waals surface area contributed by atoms with E-state index in [1.54, 1.807) is 7.11 Å². The highest BCUT2D eigenvalue weighted by molar-refractivity contribution is 5.71. The van der Waals surface area contributed by atoms with Gasteiger partial charge in [-0.05, 0) is 29.7 Å². The van der Waals surface area contributed by atoms with Crippen LogP contribution in [0.3, 0.4) is 0 Å². The number of rotatable bonds is 3. The summed E-state index contributed by atoms with van der Waals surface area (Å²) in [4.78, 5) is 13.7. The Morgan fingerprint density at radius 3 is 2.71 bits per heavy atom. The second kappa shape index (κ2) is 5.90. The lowest BCUT2D eigenvalue weighted by molar-refractivity contribution is -0.150. The summed E-state index contributed by atoms with van der Waals surface area (Å²) >= 11 is 0. The summed E-state index contributed by atoms with van der Waals surface area (Å²) in [5.41, 5.74) is 2.49. The maximum atomic E-state index is 11.3. The normalized spacial score (nSPS) is 27.7. The second-order valence-corrected chi connectivity index (χ2v) is 5.69. The van der Waals surface area contributed by atoms with Gasteiger partial charge in [-0.15, -0.1) is 0 Å². The van der Waals surface area contributed by atoms with Crippen molar-refractivity contribution in [3.8, 4) is 5.75 Å². The molecule has 2 bridgehead atoms. The molecule has 4 nitrogen and oxygen atoms in total. The third-order valence-corrected chi connectivity index (χ3v) is 4.34. The number of methoxy groups -OCH3 is 1. The average molecular weight is 287 g/mol. The lowest BCUT2D eigenvalue weighted by atomic mass is 9.81. The average Bonchev–Trinajstić information content (AvgIpc) is 2.50. The summed E-state index contributed by atoms with van der Waals surface area (Å²) in [5.74, 6) is 0.940. The van der Waals surface area contributed by atoms with Gasteiger partial charge in [0.15, 0.2) is 0 Å². The van der Waals surface area contributed by atoms with Crippen molar-refractivity contribution in [1.29, 1.82) is 0 Å². The molecule has 2 aliphatic rings. The maximum Gasteiger partial charge on any atom is 0.302 e. The predicted molar refractivity (Wildman–Crippen MR) is 81.1 cm³/mol. The summed E-state index contributed by atoms with van der Waals surface area (Å²) in [6.45, 7) is 4.44. The quantitative estimate of drug-likeness (QED) is 0.800. The van der Waals surface area contributed by atoms with Gasteiger partial charge in [0.2, 0.25) is 0 Å². The Balaban J connectivity index is 1.86. The van der Waals surface area contributed by atoms with Crippen LogP contribution >= 0.6 is 0 Å². The first kappa shape index (κ1) is 14.1. The fourth-order valence-corrected chi connectivity index (χ4v) is 3.31. The Morgan fingerprint density at radius 1 is 1.29 bits per heavy atom. The largest absolute Gasteiger partial charge is 0.497 e. The van der Waals surface area contributed by atoms with Gasteiger partial charge in [0, 0.05) is 32.5 Å². The van der Waals surface area contributed by atoms with Crippen LogP contribution in [0.25, 0.3) is 5.57 Å². The molecule has 3 atom stereocenters. The van der Waals surface area contributed by atoms with Crippen LogP contribution in [-0.2, 0) is 9.53 Å². The maximum absolute atomic E-state index is 11.3. The standard InChI is InChI=1S/C17H21NO3/c1-12(19)21-17-8-10-18-9-7-15(16(17)11-18)13-3-5-14(20-2)6-4-13/h3-7,16-17H,8-11H2,1-2H3. The molecule has 0 radical (unpaired) electrons. The van der Waals surface area contributed by atoms with Crippen LogP contribution in [0.2, 0.25) is 0 Å². The minimum atomic E-state index is -0.187. The molecule has 0 aromatic heterocycles. The molecule has 0 spiro atoms. The van der Waals surface area contributed by atoms with Gasteiger partial charge in [0.1, 0.15) is 11.9 Å². The number of hydrogen-bond acceptors (Lipinski definition) is 4. The van der Waals surface area contributed by atoms with Gasteiger partial charge in [-0.2, -0.15) is 0 Å². The third kappa shape index (κ3) is 2.95. The number of carbonyl (C=O) groups is 1. The molecular formula is C17H21NO3. The summed E-state index contributed by atoms with van der Waals surface area (Å²) in [7, 11) is 1.67. The summed E-state index contributed by atoms with van der Waals surface area (Å²) in [6.07, 6.45) is 3.18. The number of esters is 1. The number of nitrogens with zero attached hydrogens (tertiary/aromatic N) is 1. The molecule has 112 valence electrons. The van der Waals surface area contributed by atoms with Crippen LogP contribution in [0.15, 0.2) is 30.3 Å². The van der Waals surface area contributed by atoms with E-state index in [-0.39, 0.29) is 18.0 Å². The molecule has 0 aliphatic carbocycles. The van der Waals surface area contributed by atoms with Crippen molar-refractivity contribution in [1.82, 2.24) is 4.90 Å². The zero-order chi connectivity index (χ0) is 14.8. The highest BCUT2D eigenvalue weighted by atomic mass is 16.5. The molecular weight excluding hydrogens is 266 g/mol. The molecule has 0 N–H and O–H groups in total. The number of fused-ring (bicyclic) bond motifs is 2. The molecule has 21 heavy (non-hydrogen) atoms. The molecule has 1 fully saturated rings. The first-order valence-electron chi connectivity index (χ1n) is 7.41. The van der Waals surface area contributed by atoms with Crippen molar-refractivity contribution < 1.29 is 14.3 Å². The van der Waals surface area contributed by atoms with Crippen LogP contribution in [-0.4, -0.2) is 43.7 Å². The topological polar surface area (TPSA) is 38.8 Å². The first-order chi connectivity index (χ1) is 10.2. The lowest BCUT2D eigenvalue weighted by Crippen LogP contribution is -2.47. The van der Waals surface area contributed by atoms with E-state index in [0.29, 0.717) is 0 Å². The van der Waals surface area contributed by atoms with Crippen molar-refractivity contribution in [3.63, 3.8) is 0 Å². The fourth-order valence-electron chi connectivity index (χ4n) is 3.31. The van der Waals surface area contributed by atoms with Gasteiger partial charge in [-0.3, -0.25) is 9.69 Å². The van der Waals surface area contributed by atoms with E-state index in [2.05, 4.69) is 23.1 Å². The Hall–Kier alpha value is -1.81. The van der Waals surface area contributed by atoms with Gasteiger partial charge in [-0.25, -0.2) is 0 Å².